The molecule has 5 rings (SSSR count). The lowest BCUT2D eigenvalue weighted by molar-refractivity contribution is -0.115. The van der Waals surface area contributed by atoms with Gasteiger partial charge in [0.05, 0.1) is 5.52 Å². The minimum absolute atomic E-state index is 0.329. The Morgan fingerprint density at radius 2 is 1.85 bits per heavy atom. The highest BCUT2D eigenvalue weighted by atomic mass is 19.4. The first-order valence-corrected chi connectivity index (χ1v) is 11.8. The van der Waals surface area contributed by atoms with Gasteiger partial charge in [0.25, 0.3) is 5.89 Å². The first kappa shape index (κ1) is 22.9. The van der Waals surface area contributed by atoms with Crippen molar-refractivity contribution in [3.8, 4) is 11.6 Å². The summed E-state index contributed by atoms with van der Waals surface area (Å²) in [6.07, 6.45) is 0.705. The van der Waals surface area contributed by atoms with E-state index in [4.69, 9.17) is 9.40 Å². The minimum Gasteiger partial charge on any atom is -0.402 e. The fourth-order valence-corrected chi connectivity index (χ4v) is 5.44. The van der Waals surface area contributed by atoms with Gasteiger partial charge in [0, 0.05) is 17.1 Å². The standard InChI is InChI=1S/C25H30F3N5O/c1-13-7-20(22-32-33-23(34-22)31-19-9-14-5-6-15(19)8-14)30-21-17(13)10-16(29-12-25(26,27)28)11-18(21)24(2,3)4/h7,10-11,14-15,19,29H,5-6,8-9,12H2,1-4H3,(H,31,33). The molecule has 3 unspecified atom stereocenters. The average molecular weight is 474 g/mol. The minimum atomic E-state index is -4.30. The summed E-state index contributed by atoms with van der Waals surface area (Å²) in [5.41, 5.74) is 3.08. The quantitative estimate of drug-likeness (QED) is 0.443. The van der Waals surface area contributed by atoms with Crippen molar-refractivity contribution in [3.63, 3.8) is 0 Å². The molecule has 0 amide bonds. The third-order valence-corrected chi connectivity index (χ3v) is 7.11. The van der Waals surface area contributed by atoms with Crippen molar-refractivity contribution in [1.29, 1.82) is 0 Å². The van der Waals surface area contributed by atoms with E-state index in [2.05, 4.69) is 20.8 Å². The molecule has 0 radical (unpaired) electrons. The number of anilines is 2. The van der Waals surface area contributed by atoms with Crippen LogP contribution in [0.25, 0.3) is 22.5 Å². The Labute approximate surface area is 196 Å². The summed E-state index contributed by atoms with van der Waals surface area (Å²) in [6.45, 7) is 6.88. The summed E-state index contributed by atoms with van der Waals surface area (Å²) in [5, 5.41) is 15.1. The van der Waals surface area contributed by atoms with Gasteiger partial charge in [-0.05, 0) is 72.8 Å². The molecule has 2 aromatic heterocycles. The molecule has 3 aromatic rings. The lowest BCUT2D eigenvalue weighted by atomic mass is 9.84. The Hall–Kier alpha value is -2.84. The molecule has 2 aliphatic carbocycles. The highest BCUT2D eigenvalue weighted by Crippen LogP contribution is 2.45. The van der Waals surface area contributed by atoms with Gasteiger partial charge >= 0.3 is 12.2 Å². The highest BCUT2D eigenvalue weighted by molar-refractivity contribution is 5.90. The second-order valence-electron chi connectivity index (χ2n) is 10.8. The maximum Gasteiger partial charge on any atom is 0.405 e. The number of nitrogens with zero attached hydrogens (tertiary/aromatic N) is 3. The molecule has 1 aromatic carbocycles. The van der Waals surface area contributed by atoms with Gasteiger partial charge in [-0.15, -0.1) is 5.10 Å². The van der Waals surface area contributed by atoms with Gasteiger partial charge in [0.2, 0.25) is 0 Å². The lowest BCUT2D eigenvalue weighted by Gasteiger charge is -2.23. The van der Waals surface area contributed by atoms with Crippen LogP contribution in [0.3, 0.4) is 0 Å². The molecule has 34 heavy (non-hydrogen) atoms. The van der Waals surface area contributed by atoms with Crippen LogP contribution in [0.1, 0.15) is 57.6 Å². The van der Waals surface area contributed by atoms with Crippen molar-refractivity contribution in [2.45, 2.75) is 71.0 Å². The summed E-state index contributed by atoms with van der Waals surface area (Å²) in [5.74, 6) is 1.81. The van der Waals surface area contributed by atoms with Crippen LogP contribution >= 0.6 is 0 Å². The fourth-order valence-electron chi connectivity index (χ4n) is 5.44. The van der Waals surface area contributed by atoms with Crippen molar-refractivity contribution in [2.24, 2.45) is 11.8 Å². The van der Waals surface area contributed by atoms with Gasteiger partial charge in [-0.1, -0.05) is 32.3 Å². The molecule has 182 valence electrons. The Kier molecular flexibility index (Phi) is 5.48. The van der Waals surface area contributed by atoms with Crippen LogP contribution in [-0.4, -0.2) is 33.9 Å². The zero-order chi connectivity index (χ0) is 24.3. The van der Waals surface area contributed by atoms with Crippen LogP contribution in [0.15, 0.2) is 22.6 Å². The van der Waals surface area contributed by atoms with Gasteiger partial charge < -0.3 is 15.1 Å². The van der Waals surface area contributed by atoms with Crippen LogP contribution < -0.4 is 10.6 Å². The third-order valence-electron chi connectivity index (χ3n) is 7.11. The van der Waals surface area contributed by atoms with Crippen molar-refractivity contribution in [1.82, 2.24) is 15.2 Å². The molecule has 0 saturated heterocycles. The predicted molar refractivity (Wildman–Crippen MR) is 126 cm³/mol. The van der Waals surface area contributed by atoms with Crippen LogP contribution in [-0.2, 0) is 5.41 Å². The molecule has 9 heteroatoms. The molecule has 3 atom stereocenters. The summed E-state index contributed by atoms with van der Waals surface area (Å²) in [4.78, 5) is 4.83. The zero-order valence-corrected chi connectivity index (χ0v) is 19.9. The van der Waals surface area contributed by atoms with E-state index in [1.165, 1.54) is 19.3 Å². The SMILES string of the molecule is Cc1cc(-c2nnc(NC3CC4CCC3C4)o2)nc2c(C(C)(C)C)cc(NCC(F)(F)F)cc12. The van der Waals surface area contributed by atoms with Gasteiger partial charge in [0.15, 0.2) is 0 Å². The summed E-state index contributed by atoms with van der Waals surface area (Å²) >= 11 is 0. The second kappa shape index (κ2) is 8.13. The van der Waals surface area contributed by atoms with Crippen LogP contribution in [0, 0.1) is 18.8 Å². The van der Waals surface area contributed by atoms with E-state index in [0.717, 1.165) is 34.4 Å². The number of halogens is 3. The van der Waals surface area contributed by atoms with E-state index < -0.39 is 12.7 Å². The van der Waals surface area contributed by atoms with E-state index in [1.54, 1.807) is 12.1 Å². The lowest BCUT2D eigenvalue weighted by Crippen LogP contribution is -2.25. The van der Waals surface area contributed by atoms with Crippen LogP contribution in [0.2, 0.25) is 0 Å². The molecular formula is C25H30F3N5O. The van der Waals surface area contributed by atoms with Gasteiger partial charge in [-0.25, -0.2) is 4.98 Å². The number of benzene rings is 1. The fraction of sp³-hybridized carbons (Fsp3) is 0.560. The monoisotopic (exact) mass is 473 g/mol. The maximum atomic E-state index is 12.8. The predicted octanol–water partition coefficient (Wildman–Crippen LogP) is 6.47. The van der Waals surface area contributed by atoms with Gasteiger partial charge in [-0.2, -0.15) is 13.2 Å². The van der Waals surface area contributed by atoms with Crippen molar-refractivity contribution in [3.05, 3.63) is 29.3 Å². The largest absolute Gasteiger partial charge is 0.405 e. The highest BCUT2D eigenvalue weighted by Gasteiger charge is 2.40. The number of hydrogen-bond donors (Lipinski definition) is 2. The summed E-state index contributed by atoms with van der Waals surface area (Å²) < 4.78 is 44.3. The zero-order valence-electron chi connectivity index (χ0n) is 19.9. The number of aromatic nitrogens is 3. The molecule has 6 nitrogen and oxygen atoms in total. The third kappa shape index (κ3) is 4.57. The number of alkyl halides is 3. The Bertz CT molecular complexity index is 1210. The van der Waals surface area contributed by atoms with E-state index in [0.29, 0.717) is 35.2 Å². The topological polar surface area (TPSA) is 75.9 Å². The van der Waals surface area contributed by atoms with E-state index >= 15 is 0 Å². The van der Waals surface area contributed by atoms with Crippen molar-refractivity contribution < 1.29 is 17.6 Å². The molecule has 2 N–H and O–H groups in total. The first-order valence-electron chi connectivity index (χ1n) is 11.8. The van der Waals surface area contributed by atoms with Gasteiger partial charge in [0.1, 0.15) is 12.2 Å². The second-order valence-corrected chi connectivity index (χ2v) is 10.8. The summed E-state index contributed by atoms with van der Waals surface area (Å²) in [7, 11) is 0. The maximum absolute atomic E-state index is 12.8. The number of nitrogens with one attached hydrogen (secondary N) is 2. The van der Waals surface area contributed by atoms with E-state index in [-0.39, 0.29) is 5.41 Å². The molecule has 0 spiro atoms. The number of hydrogen-bond acceptors (Lipinski definition) is 6. The van der Waals surface area contributed by atoms with Gasteiger partial charge in [-0.3, -0.25) is 0 Å². The van der Waals surface area contributed by atoms with Crippen molar-refractivity contribution >= 4 is 22.6 Å². The average Bonchev–Trinajstić information content (AvgIpc) is 3.48. The van der Waals surface area contributed by atoms with Crippen LogP contribution in [0.4, 0.5) is 24.9 Å². The molecular weight excluding hydrogens is 443 g/mol. The number of pyridine rings is 1. The van der Waals surface area contributed by atoms with E-state index in [1.807, 2.05) is 33.8 Å². The molecule has 2 heterocycles. The Balaban J connectivity index is 1.48. The molecule has 2 aliphatic rings. The number of fused-ring (bicyclic) bond motifs is 3. The normalized spacial score (nSPS) is 22.5. The molecule has 2 saturated carbocycles. The molecule has 2 fully saturated rings. The molecule has 0 aliphatic heterocycles. The Morgan fingerprint density at radius 3 is 2.50 bits per heavy atom. The Morgan fingerprint density at radius 1 is 1.06 bits per heavy atom. The van der Waals surface area contributed by atoms with E-state index in [9.17, 15) is 13.2 Å². The summed E-state index contributed by atoms with van der Waals surface area (Å²) in [6, 6.07) is 6.11. The van der Waals surface area contributed by atoms with Crippen molar-refractivity contribution in [2.75, 3.05) is 17.2 Å². The number of aryl methyl sites for hydroxylation is 1. The smallest absolute Gasteiger partial charge is 0.402 e. The first-order chi connectivity index (χ1) is 16.0. The molecule has 2 bridgehead atoms. The van der Waals surface area contributed by atoms with Crippen LogP contribution in [0.5, 0.6) is 0 Å². The number of rotatable bonds is 5.